The van der Waals surface area contributed by atoms with Crippen molar-refractivity contribution in [1.29, 1.82) is 0 Å². The van der Waals surface area contributed by atoms with E-state index in [9.17, 15) is 4.79 Å². The van der Waals surface area contributed by atoms with Crippen LogP contribution in [0.15, 0.2) is 28.8 Å². The van der Waals surface area contributed by atoms with Crippen LogP contribution in [0.5, 0.6) is 5.75 Å². The van der Waals surface area contributed by atoms with Crippen LogP contribution in [0.2, 0.25) is 5.02 Å². The summed E-state index contributed by atoms with van der Waals surface area (Å²) in [5.41, 5.74) is 1.72. The minimum atomic E-state index is -0.242. The molecule has 1 fully saturated rings. The molecule has 0 aliphatic carbocycles. The largest absolute Gasteiger partial charge is 0.491 e. The molecule has 1 heterocycles. The highest BCUT2D eigenvalue weighted by Gasteiger charge is 2.21. The summed E-state index contributed by atoms with van der Waals surface area (Å²) in [6, 6.07) is 3.35. The number of urea groups is 1. The third-order valence-electron chi connectivity index (χ3n) is 3.96. The van der Waals surface area contributed by atoms with E-state index < -0.39 is 0 Å². The number of nitrogens with zero attached hydrogens (tertiary/aromatic N) is 1. The van der Waals surface area contributed by atoms with Crippen molar-refractivity contribution in [1.82, 2.24) is 10.2 Å². The summed E-state index contributed by atoms with van der Waals surface area (Å²) >= 11 is 9.51. The third-order valence-corrected chi connectivity index (χ3v) is 4.77. The number of benzene rings is 1. The van der Waals surface area contributed by atoms with Gasteiger partial charge >= 0.3 is 6.03 Å². The lowest BCUT2D eigenvalue weighted by Gasteiger charge is -2.32. The summed E-state index contributed by atoms with van der Waals surface area (Å²) in [5, 5.41) is 6.41. The number of amides is 2. The van der Waals surface area contributed by atoms with Crippen molar-refractivity contribution in [2.45, 2.75) is 32.7 Å². The zero-order chi connectivity index (χ0) is 18.4. The minimum absolute atomic E-state index is 0.166. The van der Waals surface area contributed by atoms with E-state index >= 15 is 0 Å². The molecule has 2 amide bonds. The Bertz CT molecular complexity index is 631. The molecule has 2 N–H and O–H groups in total. The van der Waals surface area contributed by atoms with E-state index in [1.165, 1.54) is 5.57 Å². The lowest BCUT2D eigenvalue weighted by atomic mass is 10.0. The Hall–Kier alpha value is -1.24. The van der Waals surface area contributed by atoms with Gasteiger partial charge in [-0.3, -0.25) is 4.90 Å². The van der Waals surface area contributed by atoms with Gasteiger partial charge in [0, 0.05) is 30.7 Å². The van der Waals surface area contributed by atoms with Crippen LogP contribution in [0, 0.1) is 0 Å². The van der Waals surface area contributed by atoms with Gasteiger partial charge in [-0.1, -0.05) is 23.8 Å². The van der Waals surface area contributed by atoms with Crippen LogP contribution in [0.4, 0.5) is 10.5 Å². The summed E-state index contributed by atoms with van der Waals surface area (Å²) in [4.78, 5) is 14.7. The van der Waals surface area contributed by atoms with Crippen LogP contribution in [0.1, 0.15) is 26.7 Å². The number of ether oxygens (including phenoxy) is 1. The maximum atomic E-state index is 12.4. The van der Waals surface area contributed by atoms with E-state index in [4.69, 9.17) is 16.3 Å². The van der Waals surface area contributed by atoms with Gasteiger partial charge in [0.05, 0.1) is 16.8 Å². The molecule has 1 aromatic rings. The number of halogens is 2. The van der Waals surface area contributed by atoms with Crippen molar-refractivity contribution in [3.63, 3.8) is 0 Å². The molecule has 25 heavy (non-hydrogen) atoms. The fourth-order valence-corrected chi connectivity index (χ4v) is 3.83. The number of hydrogen-bond acceptors (Lipinski definition) is 3. The predicted molar refractivity (Wildman–Crippen MR) is 107 cm³/mol. The van der Waals surface area contributed by atoms with Crippen LogP contribution in [0.3, 0.4) is 0 Å². The van der Waals surface area contributed by atoms with Crippen LogP contribution >= 0.6 is 27.5 Å². The summed E-state index contributed by atoms with van der Waals surface area (Å²) in [6.45, 7) is 11.2. The molecule has 138 valence electrons. The molecule has 0 atom stereocenters. The zero-order valence-corrected chi connectivity index (χ0v) is 17.0. The van der Waals surface area contributed by atoms with Crippen molar-refractivity contribution >= 4 is 39.2 Å². The Balaban J connectivity index is 1.92. The van der Waals surface area contributed by atoms with Gasteiger partial charge < -0.3 is 15.4 Å². The van der Waals surface area contributed by atoms with E-state index in [2.05, 4.69) is 38.0 Å². The number of rotatable bonds is 6. The Kier molecular flexibility index (Phi) is 7.59. The van der Waals surface area contributed by atoms with E-state index in [-0.39, 0.29) is 12.1 Å². The van der Waals surface area contributed by atoms with Crippen molar-refractivity contribution in [2.24, 2.45) is 0 Å². The fraction of sp³-hybridized carbons (Fsp3) is 0.500. The number of carbonyl (C=O) groups is 1. The first-order valence-corrected chi connectivity index (χ1v) is 9.62. The predicted octanol–water partition coefficient (Wildman–Crippen LogP) is 4.66. The summed E-state index contributed by atoms with van der Waals surface area (Å²) in [6.07, 6.45) is 1.86. The summed E-state index contributed by atoms with van der Waals surface area (Å²) in [5.74, 6) is 0.582. The normalized spacial score (nSPS) is 15.7. The Morgan fingerprint density at radius 2 is 2.12 bits per heavy atom. The number of carbonyl (C=O) groups excluding carboxylic acids is 1. The molecule has 0 unspecified atom stereocenters. The molecule has 2 rings (SSSR count). The quantitative estimate of drug-likeness (QED) is 0.645. The second-order valence-electron chi connectivity index (χ2n) is 6.30. The molecule has 1 aliphatic rings. The molecule has 1 aliphatic heterocycles. The van der Waals surface area contributed by atoms with Gasteiger partial charge in [0.15, 0.2) is 5.75 Å². The Morgan fingerprint density at radius 3 is 2.72 bits per heavy atom. The zero-order valence-electron chi connectivity index (χ0n) is 14.7. The van der Waals surface area contributed by atoms with Gasteiger partial charge in [-0.25, -0.2) is 4.79 Å². The first kappa shape index (κ1) is 20.1. The molecule has 0 bridgehead atoms. The SMILES string of the molecule is C=C(C)CN1CCC(NC(=O)Nc2cc(Cl)cc(Br)c2OCC)CC1. The van der Waals surface area contributed by atoms with E-state index in [1.807, 2.05) is 13.8 Å². The maximum absolute atomic E-state index is 12.4. The lowest BCUT2D eigenvalue weighted by Crippen LogP contribution is -2.46. The van der Waals surface area contributed by atoms with Gasteiger partial charge in [-0.05, 0) is 54.8 Å². The number of likely N-dealkylation sites (tertiary alicyclic amines) is 1. The highest BCUT2D eigenvalue weighted by molar-refractivity contribution is 9.10. The fourth-order valence-electron chi connectivity index (χ4n) is 2.91. The van der Waals surface area contributed by atoms with Crippen molar-refractivity contribution < 1.29 is 9.53 Å². The number of piperidine rings is 1. The molecule has 0 aromatic heterocycles. The summed E-state index contributed by atoms with van der Waals surface area (Å²) < 4.78 is 6.31. The number of anilines is 1. The minimum Gasteiger partial charge on any atom is -0.491 e. The standard InChI is InChI=1S/C18H25BrClN3O2/c1-4-25-17-15(19)9-13(20)10-16(17)22-18(24)21-14-5-7-23(8-6-14)11-12(2)3/h9-10,14H,2,4-8,11H2,1,3H3,(H2,21,22,24). The first-order valence-electron chi connectivity index (χ1n) is 8.45. The number of hydrogen-bond donors (Lipinski definition) is 2. The van der Waals surface area contributed by atoms with Gasteiger partial charge in [-0.2, -0.15) is 0 Å². The molecule has 0 radical (unpaired) electrons. The molecule has 1 saturated heterocycles. The van der Waals surface area contributed by atoms with Crippen LogP contribution < -0.4 is 15.4 Å². The average molecular weight is 431 g/mol. The van der Waals surface area contributed by atoms with Crippen molar-refractivity contribution in [3.8, 4) is 5.75 Å². The second-order valence-corrected chi connectivity index (χ2v) is 7.59. The average Bonchev–Trinajstić information content (AvgIpc) is 2.52. The maximum Gasteiger partial charge on any atom is 0.319 e. The smallest absolute Gasteiger partial charge is 0.319 e. The second kappa shape index (κ2) is 9.46. The van der Waals surface area contributed by atoms with Gasteiger partial charge in [0.2, 0.25) is 0 Å². The van der Waals surface area contributed by atoms with Gasteiger partial charge in [0.25, 0.3) is 0 Å². The molecule has 0 saturated carbocycles. The Labute approximate surface area is 162 Å². The summed E-state index contributed by atoms with van der Waals surface area (Å²) in [7, 11) is 0. The Morgan fingerprint density at radius 1 is 1.44 bits per heavy atom. The molecule has 1 aromatic carbocycles. The monoisotopic (exact) mass is 429 g/mol. The molecule has 0 spiro atoms. The van der Waals surface area contributed by atoms with E-state index in [0.29, 0.717) is 27.5 Å². The number of nitrogens with one attached hydrogen (secondary N) is 2. The molecule has 7 heteroatoms. The molecular formula is C18H25BrClN3O2. The third kappa shape index (κ3) is 6.20. The van der Waals surface area contributed by atoms with Crippen LogP contribution in [-0.2, 0) is 0 Å². The van der Waals surface area contributed by atoms with Gasteiger partial charge in [-0.15, -0.1) is 0 Å². The van der Waals surface area contributed by atoms with Crippen molar-refractivity contribution in [3.05, 3.63) is 33.8 Å². The van der Waals surface area contributed by atoms with Crippen LogP contribution in [0.25, 0.3) is 0 Å². The topological polar surface area (TPSA) is 53.6 Å². The molecular weight excluding hydrogens is 406 g/mol. The lowest BCUT2D eigenvalue weighted by molar-refractivity contribution is 0.207. The highest BCUT2D eigenvalue weighted by atomic mass is 79.9. The van der Waals surface area contributed by atoms with Crippen molar-refractivity contribution in [2.75, 3.05) is 31.6 Å². The van der Waals surface area contributed by atoms with Gasteiger partial charge in [0.1, 0.15) is 0 Å². The molecule has 5 nitrogen and oxygen atoms in total. The van der Waals surface area contributed by atoms with E-state index in [1.54, 1.807) is 12.1 Å². The van der Waals surface area contributed by atoms with E-state index in [0.717, 1.165) is 32.5 Å². The first-order chi connectivity index (χ1) is 11.9. The highest BCUT2D eigenvalue weighted by Crippen LogP contribution is 2.36. The van der Waals surface area contributed by atoms with Crippen LogP contribution in [-0.4, -0.2) is 43.2 Å².